The molecule has 1 amide bonds. The number of allylic oxidation sites excluding steroid dienone is 5. The largest absolute Gasteiger partial charge is 0.466 e. The molecular weight excluding hydrogens is 983 g/mol. The highest BCUT2D eigenvalue weighted by molar-refractivity contribution is 5.76. The van der Waals surface area contributed by atoms with Crippen molar-refractivity contribution in [3.63, 3.8) is 0 Å². The maximum atomic E-state index is 12.5. The third-order valence-corrected chi connectivity index (χ3v) is 16.9. The van der Waals surface area contributed by atoms with Gasteiger partial charge in [0, 0.05) is 12.8 Å². The van der Waals surface area contributed by atoms with Crippen LogP contribution in [0, 0.1) is 0 Å². The summed E-state index contributed by atoms with van der Waals surface area (Å²) in [5.74, 6) is -0.0444. The van der Waals surface area contributed by atoms with Crippen molar-refractivity contribution in [2.24, 2.45) is 0 Å². The zero-order valence-corrected chi connectivity index (χ0v) is 54.1. The van der Waals surface area contributed by atoms with Crippen molar-refractivity contribution in [1.29, 1.82) is 0 Å². The van der Waals surface area contributed by atoms with Crippen LogP contribution < -0.4 is 5.32 Å². The van der Waals surface area contributed by atoms with Crippen molar-refractivity contribution in [3.8, 4) is 0 Å². The fourth-order valence-corrected chi connectivity index (χ4v) is 11.4. The molecule has 0 aliphatic heterocycles. The predicted molar refractivity (Wildman–Crippen MR) is 352 cm³/mol. The average Bonchev–Trinajstić information content (AvgIpc) is 3.46. The molecule has 472 valence electrons. The molecule has 0 radical (unpaired) electrons. The molecule has 0 saturated heterocycles. The van der Waals surface area contributed by atoms with E-state index in [1.54, 1.807) is 6.08 Å². The SMILES string of the molecule is CCCCCCCCCCCCC/C=C/C(O)C(CO)NC(=O)CCCCCCCCCCCCCCCCCCC/C=C\C/C=C\CCCCCCCCCCCCCOC(=O)CCCCCCCCCCCCCCCCC. The first kappa shape index (κ1) is 78.1. The van der Waals surface area contributed by atoms with E-state index in [1.807, 2.05) is 6.08 Å². The first-order chi connectivity index (χ1) is 39.5. The Bertz CT molecular complexity index is 1300. The Morgan fingerprint density at radius 3 is 0.950 bits per heavy atom. The summed E-state index contributed by atoms with van der Waals surface area (Å²) in [6.07, 6.45) is 89.6. The standard InChI is InChI=1S/C74H141NO5/c1-3-5-7-9-11-13-15-17-39-44-48-52-56-60-64-68-74(79)80-69-65-61-57-53-49-45-41-38-36-34-32-30-28-26-24-22-20-18-19-21-23-25-27-29-31-33-35-37-40-43-47-51-55-59-63-67-73(78)75-71(70-76)72(77)66-62-58-54-50-46-42-16-14-12-10-8-6-4-2/h20,22,26,28,62,66,71-72,76-77H,3-19,21,23-25,27,29-61,63-65,67-70H2,1-2H3,(H,75,78)/b22-20-,28-26-,66-62+. The smallest absolute Gasteiger partial charge is 0.305 e. The lowest BCUT2D eigenvalue weighted by molar-refractivity contribution is -0.143. The molecule has 0 aromatic carbocycles. The van der Waals surface area contributed by atoms with Crippen LogP contribution >= 0.6 is 0 Å². The van der Waals surface area contributed by atoms with Crippen LogP contribution in [-0.2, 0) is 14.3 Å². The number of aliphatic hydroxyl groups excluding tert-OH is 2. The first-order valence-electron chi connectivity index (χ1n) is 36.3. The van der Waals surface area contributed by atoms with Gasteiger partial charge in [-0.2, -0.15) is 0 Å². The Morgan fingerprint density at radius 1 is 0.350 bits per heavy atom. The van der Waals surface area contributed by atoms with E-state index in [-0.39, 0.29) is 18.5 Å². The maximum Gasteiger partial charge on any atom is 0.305 e. The molecule has 2 atom stereocenters. The summed E-state index contributed by atoms with van der Waals surface area (Å²) in [6.45, 7) is 4.93. The number of hydrogen-bond acceptors (Lipinski definition) is 5. The van der Waals surface area contributed by atoms with Gasteiger partial charge in [-0.3, -0.25) is 9.59 Å². The third kappa shape index (κ3) is 65.2. The molecule has 0 spiro atoms. The molecule has 0 aromatic heterocycles. The van der Waals surface area contributed by atoms with Crippen LogP contribution in [0.25, 0.3) is 0 Å². The molecule has 6 nitrogen and oxygen atoms in total. The Labute approximate surface area is 500 Å². The quantitative estimate of drug-likeness (QED) is 0.0320. The van der Waals surface area contributed by atoms with Gasteiger partial charge in [-0.05, 0) is 64.2 Å². The fourth-order valence-electron chi connectivity index (χ4n) is 11.4. The molecule has 0 aliphatic carbocycles. The molecule has 0 aliphatic rings. The van der Waals surface area contributed by atoms with Gasteiger partial charge in [-0.15, -0.1) is 0 Å². The van der Waals surface area contributed by atoms with E-state index < -0.39 is 12.1 Å². The number of amides is 1. The molecule has 0 saturated carbocycles. The summed E-state index contributed by atoms with van der Waals surface area (Å²) in [7, 11) is 0. The molecule has 80 heavy (non-hydrogen) atoms. The van der Waals surface area contributed by atoms with Crippen molar-refractivity contribution in [2.75, 3.05) is 13.2 Å². The van der Waals surface area contributed by atoms with E-state index in [9.17, 15) is 19.8 Å². The van der Waals surface area contributed by atoms with Crippen molar-refractivity contribution in [3.05, 3.63) is 36.5 Å². The topological polar surface area (TPSA) is 95.9 Å². The van der Waals surface area contributed by atoms with Crippen molar-refractivity contribution >= 4 is 11.9 Å². The highest BCUT2D eigenvalue weighted by Gasteiger charge is 2.18. The molecular formula is C74H141NO5. The number of esters is 1. The lowest BCUT2D eigenvalue weighted by Crippen LogP contribution is -2.45. The second-order valence-electron chi connectivity index (χ2n) is 24.9. The van der Waals surface area contributed by atoms with Gasteiger partial charge < -0.3 is 20.3 Å². The molecule has 0 bridgehead atoms. The second-order valence-corrected chi connectivity index (χ2v) is 24.9. The van der Waals surface area contributed by atoms with Gasteiger partial charge in [-0.1, -0.05) is 359 Å². The van der Waals surface area contributed by atoms with Crippen LogP contribution in [0.15, 0.2) is 36.5 Å². The number of carbonyl (C=O) groups is 2. The zero-order chi connectivity index (χ0) is 57.8. The molecule has 0 heterocycles. The molecule has 0 fully saturated rings. The minimum absolute atomic E-state index is 0.0199. The van der Waals surface area contributed by atoms with Gasteiger partial charge in [0.05, 0.1) is 25.4 Å². The fraction of sp³-hybridized carbons (Fsp3) is 0.892. The van der Waals surface area contributed by atoms with E-state index >= 15 is 0 Å². The monoisotopic (exact) mass is 1120 g/mol. The third-order valence-electron chi connectivity index (χ3n) is 16.9. The summed E-state index contributed by atoms with van der Waals surface area (Å²) in [5, 5.41) is 23.1. The first-order valence-corrected chi connectivity index (χ1v) is 36.3. The maximum absolute atomic E-state index is 12.5. The number of aliphatic hydroxyl groups is 2. The summed E-state index contributed by atoms with van der Waals surface area (Å²) in [6, 6.07) is -0.625. The predicted octanol–water partition coefficient (Wildman–Crippen LogP) is 23.5. The molecule has 6 heteroatoms. The second kappa shape index (κ2) is 69.6. The van der Waals surface area contributed by atoms with E-state index in [2.05, 4.69) is 43.5 Å². The van der Waals surface area contributed by atoms with Gasteiger partial charge >= 0.3 is 5.97 Å². The number of rotatable bonds is 68. The van der Waals surface area contributed by atoms with E-state index in [0.29, 0.717) is 19.4 Å². The minimum Gasteiger partial charge on any atom is -0.466 e. The van der Waals surface area contributed by atoms with Gasteiger partial charge in [0.25, 0.3) is 0 Å². The summed E-state index contributed by atoms with van der Waals surface area (Å²) < 4.78 is 5.50. The number of hydrogen-bond donors (Lipinski definition) is 3. The lowest BCUT2D eigenvalue weighted by atomic mass is 10.0. The van der Waals surface area contributed by atoms with Crippen molar-refractivity contribution < 1.29 is 24.5 Å². The van der Waals surface area contributed by atoms with Crippen LogP contribution in [0.1, 0.15) is 399 Å². The van der Waals surface area contributed by atoms with Gasteiger partial charge in [0.1, 0.15) is 0 Å². The highest BCUT2D eigenvalue weighted by atomic mass is 16.5. The van der Waals surface area contributed by atoms with Crippen LogP contribution in [0.3, 0.4) is 0 Å². The Kier molecular flexibility index (Phi) is 67.9. The van der Waals surface area contributed by atoms with E-state index in [4.69, 9.17) is 4.74 Å². The van der Waals surface area contributed by atoms with Crippen LogP contribution in [-0.4, -0.2) is 47.4 Å². The van der Waals surface area contributed by atoms with Crippen LogP contribution in [0.2, 0.25) is 0 Å². The van der Waals surface area contributed by atoms with Gasteiger partial charge in [0.15, 0.2) is 0 Å². The zero-order valence-electron chi connectivity index (χ0n) is 54.1. The number of nitrogens with one attached hydrogen (secondary N) is 1. The van der Waals surface area contributed by atoms with Gasteiger partial charge in [0.2, 0.25) is 5.91 Å². The van der Waals surface area contributed by atoms with Crippen LogP contribution in [0.4, 0.5) is 0 Å². The summed E-state index contributed by atoms with van der Waals surface area (Å²) >= 11 is 0. The molecule has 2 unspecified atom stereocenters. The number of ether oxygens (including phenoxy) is 1. The molecule has 0 rings (SSSR count). The Morgan fingerprint density at radius 2 is 0.625 bits per heavy atom. The number of unbranched alkanes of at least 4 members (excludes halogenated alkanes) is 53. The Hall–Kier alpha value is -1.92. The normalized spacial score (nSPS) is 12.7. The van der Waals surface area contributed by atoms with Gasteiger partial charge in [-0.25, -0.2) is 0 Å². The lowest BCUT2D eigenvalue weighted by Gasteiger charge is -2.20. The van der Waals surface area contributed by atoms with Crippen LogP contribution in [0.5, 0.6) is 0 Å². The Balaban J connectivity index is 3.36. The minimum atomic E-state index is -0.842. The summed E-state index contributed by atoms with van der Waals surface area (Å²) in [4.78, 5) is 24.5. The highest BCUT2D eigenvalue weighted by Crippen LogP contribution is 2.19. The van der Waals surface area contributed by atoms with E-state index in [1.165, 1.54) is 327 Å². The average molecular weight is 1120 g/mol. The van der Waals surface area contributed by atoms with Crippen molar-refractivity contribution in [1.82, 2.24) is 5.32 Å². The molecule has 0 aromatic rings. The molecule has 3 N–H and O–H groups in total. The summed E-state index contributed by atoms with van der Waals surface area (Å²) in [5.41, 5.74) is 0. The van der Waals surface area contributed by atoms with E-state index in [0.717, 1.165) is 44.9 Å². The van der Waals surface area contributed by atoms with Crippen molar-refractivity contribution in [2.45, 2.75) is 411 Å². The number of carbonyl (C=O) groups excluding carboxylic acids is 2.